The number of anilines is 3. The average molecular weight is 838 g/mol. The van der Waals surface area contributed by atoms with Gasteiger partial charge in [0.1, 0.15) is 0 Å². The zero-order chi connectivity index (χ0) is 43.4. The van der Waals surface area contributed by atoms with Gasteiger partial charge in [0.2, 0.25) is 0 Å². The van der Waals surface area contributed by atoms with Gasteiger partial charge >= 0.3 is 0 Å². The first-order valence-corrected chi connectivity index (χ1v) is 24.4. The van der Waals surface area contributed by atoms with Crippen LogP contribution in [-0.2, 0) is 16.2 Å². The molecule has 0 aliphatic heterocycles. The first-order valence-electron chi connectivity index (χ1n) is 24.4. The molecule has 1 heteroatoms. The molecule has 8 aromatic rings. The molecule has 4 saturated carbocycles. The van der Waals surface area contributed by atoms with E-state index in [1.54, 1.807) is 11.1 Å². The molecule has 7 aliphatic rings. The summed E-state index contributed by atoms with van der Waals surface area (Å²) in [6.45, 7) is 9.54. The minimum Gasteiger partial charge on any atom is -0.309 e. The number of nitrogens with zero attached hydrogens (tertiary/aromatic N) is 1. The third kappa shape index (κ3) is 5.00. The quantitative estimate of drug-likeness (QED) is 0.167. The molecule has 4 bridgehead atoms. The van der Waals surface area contributed by atoms with E-state index in [9.17, 15) is 0 Å². The molecule has 0 amide bonds. The maximum atomic E-state index is 2.62. The molecule has 7 aliphatic carbocycles. The van der Waals surface area contributed by atoms with E-state index < -0.39 is 0 Å². The van der Waals surface area contributed by atoms with Gasteiger partial charge < -0.3 is 4.90 Å². The Balaban J connectivity index is 1.01. The lowest BCUT2D eigenvalue weighted by Gasteiger charge is -2.61. The molecule has 4 fully saturated rings. The first-order chi connectivity index (χ1) is 31.7. The van der Waals surface area contributed by atoms with Crippen LogP contribution >= 0.6 is 0 Å². The molecule has 65 heavy (non-hydrogen) atoms. The summed E-state index contributed by atoms with van der Waals surface area (Å²) >= 11 is 0. The molecule has 1 spiro atoms. The van der Waals surface area contributed by atoms with Crippen molar-refractivity contribution in [2.45, 2.75) is 76.0 Å². The molecule has 0 heterocycles. The van der Waals surface area contributed by atoms with Gasteiger partial charge in [-0.3, -0.25) is 0 Å². The van der Waals surface area contributed by atoms with E-state index in [4.69, 9.17) is 0 Å². The number of hydrogen-bond acceptors (Lipinski definition) is 1. The van der Waals surface area contributed by atoms with E-state index >= 15 is 0 Å². The van der Waals surface area contributed by atoms with Crippen molar-refractivity contribution < 1.29 is 0 Å². The van der Waals surface area contributed by atoms with Gasteiger partial charge in [-0.15, -0.1) is 0 Å². The lowest BCUT2D eigenvalue weighted by atomic mass is 9.43. The third-order valence-electron chi connectivity index (χ3n) is 17.9. The van der Waals surface area contributed by atoms with E-state index in [1.807, 2.05) is 0 Å². The van der Waals surface area contributed by atoms with Crippen LogP contribution < -0.4 is 4.90 Å². The Labute approximate surface area is 384 Å². The van der Waals surface area contributed by atoms with Crippen molar-refractivity contribution in [3.63, 3.8) is 0 Å². The Kier molecular flexibility index (Phi) is 7.77. The maximum Gasteiger partial charge on any atom is 0.0540 e. The molecule has 0 aromatic heterocycles. The minimum absolute atomic E-state index is 0.0482. The van der Waals surface area contributed by atoms with Gasteiger partial charge in [-0.2, -0.15) is 0 Å². The smallest absolute Gasteiger partial charge is 0.0540 e. The molecule has 0 atom stereocenters. The van der Waals surface area contributed by atoms with E-state index in [1.165, 1.54) is 127 Å². The second-order valence-corrected chi connectivity index (χ2v) is 21.6. The van der Waals surface area contributed by atoms with Gasteiger partial charge in [-0.25, -0.2) is 0 Å². The normalized spacial score (nSPS) is 23.7. The summed E-state index contributed by atoms with van der Waals surface area (Å²) in [6, 6.07) is 68.1. The van der Waals surface area contributed by atoms with Crippen molar-refractivity contribution in [3.8, 4) is 55.6 Å². The van der Waals surface area contributed by atoms with Crippen molar-refractivity contribution in [3.05, 3.63) is 209 Å². The van der Waals surface area contributed by atoms with Crippen LogP contribution in [0.1, 0.15) is 93.2 Å². The maximum absolute atomic E-state index is 2.62. The van der Waals surface area contributed by atoms with Crippen LogP contribution in [0.3, 0.4) is 0 Å². The summed E-state index contributed by atoms with van der Waals surface area (Å²) in [5.41, 5.74) is 25.7. The van der Waals surface area contributed by atoms with Gasteiger partial charge in [0, 0.05) is 33.1 Å². The van der Waals surface area contributed by atoms with Gasteiger partial charge in [-0.05, 0) is 164 Å². The van der Waals surface area contributed by atoms with Crippen molar-refractivity contribution in [2.24, 2.45) is 23.7 Å². The summed E-state index contributed by atoms with van der Waals surface area (Å²) in [7, 11) is 0. The van der Waals surface area contributed by atoms with E-state index in [0.29, 0.717) is 0 Å². The fourth-order valence-corrected chi connectivity index (χ4v) is 15.4. The molecular weight excluding hydrogens is 783 g/mol. The molecule has 316 valence electrons. The number of rotatable bonds is 5. The van der Waals surface area contributed by atoms with Crippen LogP contribution in [0.4, 0.5) is 17.1 Å². The zero-order valence-electron chi connectivity index (χ0n) is 38.0. The fraction of sp³-hybridized carbons (Fsp3) is 0.250. The summed E-state index contributed by atoms with van der Waals surface area (Å²) < 4.78 is 0. The second kappa shape index (κ2) is 13.3. The second-order valence-electron chi connectivity index (χ2n) is 21.6. The van der Waals surface area contributed by atoms with Crippen LogP contribution in [0.5, 0.6) is 0 Å². The largest absolute Gasteiger partial charge is 0.309 e. The predicted octanol–water partition coefficient (Wildman–Crippen LogP) is 16.8. The van der Waals surface area contributed by atoms with E-state index in [0.717, 1.165) is 23.7 Å². The number of hydrogen-bond donors (Lipinski definition) is 0. The minimum atomic E-state index is -0.0921. The van der Waals surface area contributed by atoms with Gasteiger partial charge in [0.25, 0.3) is 0 Å². The Hall–Kier alpha value is -6.44. The zero-order valence-corrected chi connectivity index (χ0v) is 38.0. The molecule has 15 rings (SSSR count). The summed E-state index contributed by atoms with van der Waals surface area (Å²) in [5, 5.41) is 0. The average Bonchev–Trinajstić information content (AvgIpc) is 3.85. The summed E-state index contributed by atoms with van der Waals surface area (Å²) in [4.78, 5) is 2.62. The SMILES string of the molecule is CC1(C)c2ccccc2-c2cc(-c3ccccc3N(c3ccc4c(c3)-c3ccccc3C43C4CC5CC(C4)CC3C5)c3ccccc3-c3cccc4c3-c3ccccc3C4(C)C)ccc21. The van der Waals surface area contributed by atoms with Crippen LogP contribution in [0.15, 0.2) is 176 Å². The number of fused-ring (bicyclic) bond motifs is 9. The highest BCUT2D eigenvalue weighted by atomic mass is 15.1. The summed E-state index contributed by atoms with van der Waals surface area (Å²) in [6.07, 6.45) is 7.02. The van der Waals surface area contributed by atoms with Crippen molar-refractivity contribution in [1.82, 2.24) is 0 Å². The van der Waals surface area contributed by atoms with Crippen molar-refractivity contribution in [1.29, 1.82) is 0 Å². The Morgan fingerprint density at radius 3 is 1.52 bits per heavy atom. The standard InChI is InChI=1S/C64H55N/c1-62(2)53-22-10-5-17-46(53)51-37-41(28-30-55(51)62)45-16-8-13-26-59(45)65(60-27-14-9-19-48(60)49-21-15-25-58-61(49)50-20-7-11-23-54(50)63(58,3)4)44-29-31-57-52(38-44)47-18-6-12-24-56(47)64(57)42-33-39-32-40(35-42)36-43(64)34-39/h5-31,37-40,42-43H,32-36H2,1-4H3. The Morgan fingerprint density at radius 2 is 0.815 bits per heavy atom. The Bertz CT molecular complexity index is 3280. The monoisotopic (exact) mass is 837 g/mol. The van der Waals surface area contributed by atoms with E-state index in [-0.39, 0.29) is 16.2 Å². The third-order valence-corrected chi connectivity index (χ3v) is 17.9. The van der Waals surface area contributed by atoms with Crippen LogP contribution in [0.25, 0.3) is 55.6 Å². The number of para-hydroxylation sites is 2. The van der Waals surface area contributed by atoms with Gasteiger partial charge in [0.15, 0.2) is 0 Å². The lowest BCUT2D eigenvalue weighted by Crippen LogP contribution is -2.55. The van der Waals surface area contributed by atoms with Crippen LogP contribution in [0, 0.1) is 23.7 Å². The van der Waals surface area contributed by atoms with Crippen molar-refractivity contribution in [2.75, 3.05) is 4.90 Å². The molecule has 0 radical (unpaired) electrons. The highest BCUT2D eigenvalue weighted by molar-refractivity contribution is 6.01. The first kappa shape index (κ1) is 37.9. The molecule has 1 nitrogen and oxygen atoms in total. The topological polar surface area (TPSA) is 3.24 Å². The molecule has 0 N–H and O–H groups in total. The lowest BCUT2D eigenvalue weighted by molar-refractivity contribution is -0.0399. The molecule has 8 aromatic carbocycles. The van der Waals surface area contributed by atoms with Crippen LogP contribution in [0.2, 0.25) is 0 Å². The van der Waals surface area contributed by atoms with Crippen LogP contribution in [-0.4, -0.2) is 0 Å². The highest BCUT2D eigenvalue weighted by Crippen LogP contribution is 2.70. The molecule has 0 saturated heterocycles. The Morgan fingerprint density at radius 1 is 0.354 bits per heavy atom. The van der Waals surface area contributed by atoms with Gasteiger partial charge in [0.05, 0.1) is 11.4 Å². The van der Waals surface area contributed by atoms with E-state index in [2.05, 4.69) is 209 Å². The fourth-order valence-electron chi connectivity index (χ4n) is 15.4. The predicted molar refractivity (Wildman–Crippen MR) is 270 cm³/mol. The molecule has 0 unspecified atom stereocenters. The number of benzene rings is 8. The van der Waals surface area contributed by atoms with Crippen molar-refractivity contribution >= 4 is 17.1 Å². The summed E-state index contributed by atoms with van der Waals surface area (Å²) in [5.74, 6) is 3.29. The molecular formula is C64H55N. The van der Waals surface area contributed by atoms with Gasteiger partial charge in [-0.1, -0.05) is 173 Å². The highest BCUT2D eigenvalue weighted by Gasteiger charge is 2.61.